The van der Waals surface area contributed by atoms with Crippen LogP contribution < -0.4 is 10.7 Å². The maximum atomic E-state index is 12.7. The number of thioether (sulfide) groups is 1. The van der Waals surface area contributed by atoms with Crippen LogP contribution in [0.2, 0.25) is 0 Å². The number of rotatable bonds is 3. The maximum Gasteiger partial charge on any atom is 0.237 e. The first kappa shape index (κ1) is 16.8. The molecule has 0 bridgehead atoms. The number of nitrogens with zero attached hydrogens (tertiary/aromatic N) is 4. The summed E-state index contributed by atoms with van der Waals surface area (Å²) in [4.78, 5) is 14.5. The molecule has 0 spiro atoms. The fourth-order valence-corrected chi connectivity index (χ4v) is 3.62. The third kappa shape index (κ3) is 3.26. The average molecular weight is 345 g/mol. The molecule has 24 heavy (non-hydrogen) atoms. The lowest BCUT2D eigenvalue weighted by molar-refractivity contribution is -0.116. The molecule has 0 aliphatic carbocycles. The Bertz CT molecular complexity index is 750. The number of amides is 1. The van der Waals surface area contributed by atoms with Gasteiger partial charge in [0.1, 0.15) is 0 Å². The van der Waals surface area contributed by atoms with E-state index in [-0.39, 0.29) is 11.3 Å². The molecule has 3 rings (SSSR count). The molecule has 0 fully saturated rings. The topological polar surface area (TPSA) is 77.0 Å². The van der Waals surface area contributed by atoms with Crippen LogP contribution in [0.3, 0.4) is 0 Å². The quantitative estimate of drug-likeness (QED) is 0.682. The SMILES string of the molecule is CC(C)(C)c1nnc(SCC(=O)N2CCCc3ccccc32)n1N. The summed E-state index contributed by atoms with van der Waals surface area (Å²) >= 11 is 1.33. The Hall–Kier alpha value is -2.02. The second-order valence-corrected chi connectivity index (χ2v) is 7.93. The molecule has 1 aliphatic heterocycles. The van der Waals surface area contributed by atoms with Gasteiger partial charge in [-0.15, -0.1) is 10.2 Å². The monoisotopic (exact) mass is 345 g/mol. The van der Waals surface area contributed by atoms with Crippen molar-refractivity contribution in [3.05, 3.63) is 35.7 Å². The number of anilines is 1. The normalized spacial score (nSPS) is 14.5. The fourth-order valence-electron chi connectivity index (χ4n) is 2.88. The van der Waals surface area contributed by atoms with E-state index in [2.05, 4.69) is 16.3 Å². The van der Waals surface area contributed by atoms with Gasteiger partial charge in [0.05, 0.1) is 5.75 Å². The van der Waals surface area contributed by atoms with E-state index in [1.165, 1.54) is 22.0 Å². The lowest BCUT2D eigenvalue weighted by Gasteiger charge is -2.29. The molecule has 1 amide bonds. The van der Waals surface area contributed by atoms with Crippen molar-refractivity contribution in [3.8, 4) is 0 Å². The molecule has 0 radical (unpaired) electrons. The van der Waals surface area contributed by atoms with Crippen LogP contribution in [0.25, 0.3) is 0 Å². The van der Waals surface area contributed by atoms with Crippen LogP contribution in [0, 0.1) is 0 Å². The molecule has 2 N–H and O–H groups in total. The second-order valence-electron chi connectivity index (χ2n) is 6.99. The van der Waals surface area contributed by atoms with Gasteiger partial charge in [0.2, 0.25) is 11.1 Å². The second kappa shape index (κ2) is 6.47. The standard InChI is InChI=1S/C17H23N5OS/c1-17(2,3)15-19-20-16(22(15)18)24-11-14(23)21-10-6-8-12-7-4-5-9-13(12)21/h4-5,7,9H,6,8,10-11,18H2,1-3H3. The van der Waals surface area contributed by atoms with E-state index in [9.17, 15) is 4.79 Å². The summed E-state index contributed by atoms with van der Waals surface area (Å²) in [6, 6.07) is 8.10. The van der Waals surface area contributed by atoms with E-state index in [1.807, 2.05) is 43.9 Å². The van der Waals surface area contributed by atoms with Gasteiger partial charge in [-0.05, 0) is 24.5 Å². The molecule has 1 aromatic carbocycles. The van der Waals surface area contributed by atoms with Crippen LogP contribution in [0.1, 0.15) is 38.6 Å². The highest BCUT2D eigenvalue weighted by Gasteiger charge is 2.25. The smallest absolute Gasteiger partial charge is 0.237 e. The summed E-state index contributed by atoms with van der Waals surface area (Å²) < 4.78 is 1.49. The van der Waals surface area contributed by atoms with Crippen molar-refractivity contribution >= 4 is 23.4 Å². The Balaban J connectivity index is 1.70. The molecule has 1 aliphatic rings. The number of para-hydroxylation sites is 1. The summed E-state index contributed by atoms with van der Waals surface area (Å²) in [5, 5.41) is 8.85. The molecule has 1 aromatic heterocycles. The van der Waals surface area contributed by atoms with Crippen molar-refractivity contribution in [1.82, 2.24) is 14.9 Å². The van der Waals surface area contributed by atoms with Crippen LogP contribution in [0.15, 0.2) is 29.4 Å². The highest BCUT2D eigenvalue weighted by Crippen LogP contribution is 2.28. The molecule has 0 unspecified atom stereocenters. The van der Waals surface area contributed by atoms with Crippen molar-refractivity contribution in [3.63, 3.8) is 0 Å². The third-order valence-corrected chi connectivity index (χ3v) is 5.00. The molecule has 7 heteroatoms. The highest BCUT2D eigenvalue weighted by atomic mass is 32.2. The van der Waals surface area contributed by atoms with Crippen LogP contribution in [-0.4, -0.2) is 33.1 Å². The van der Waals surface area contributed by atoms with Crippen molar-refractivity contribution in [2.45, 2.75) is 44.2 Å². The lowest BCUT2D eigenvalue weighted by Crippen LogP contribution is -2.36. The van der Waals surface area contributed by atoms with E-state index in [4.69, 9.17) is 5.84 Å². The molecule has 0 saturated carbocycles. The first-order valence-electron chi connectivity index (χ1n) is 8.10. The molecule has 2 heterocycles. The number of carbonyl (C=O) groups is 1. The zero-order valence-corrected chi connectivity index (χ0v) is 15.1. The predicted molar refractivity (Wildman–Crippen MR) is 96.7 cm³/mol. The number of aryl methyl sites for hydroxylation is 1. The van der Waals surface area contributed by atoms with Crippen LogP contribution in [0.5, 0.6) is 0 Å². The number of benzene rings is 1. The van der Waals surface area contributed by atoms with Crippen molar-refractivity contribution < 1.29 is 4.79 Å². The van der Waals surface area contributed by atoms with Gasteiger partial charge in [0.25, 0.3) is 0 Å². The Morgan fingerprint density at radius 3 is 2.75 bits per heavy atom. The maximum absolute atomic E-state index is 12.7. The van der Waals surface area contributed by atoms with E-state index < -0.39 is 0 Å². The van der Waals surface area contributed by atoms with E-state index >= 15 is 0 Å². The minimum Gasteiger partial charge on any atom is -0.336 e. The Morgan fingerprint density at radius 1 is 1.29 bits per heavy atom. The predicted octanol–water partition coefficient (Wildman–Crippen LogP) is 2.36. The minimum absolute atomic E-state index is 0.0764. The molecular weight excluding hydrogens is 322 g/mol. The Kier molecular flexibility index (Phi) is 4.54. The summed E-state index contributed by atoms with van der Waals surface area (Å²) in [6.45, 7) is 6.86. The number of nitrogens with two attached hydrogens (primary N) is 1. The van der Waals surface area contributed by atoms with Gasteiger partial charge in [-0.3, -0.25) is 4.79 Å². The molecule has 6 nitrogen and oxygen atoms in total. The largest absolute Gasteiger partial charge is 0.336 e. The third-order valence-electron chi connectivity index (χ3n) is 4.07. The highest BCUT2D eigenvalue weighted by molar-refractivity contribution is 7.99. The van der Waals surface area contributed by atoms with Gasteiger partial charge in [-0.1, -0.05) is 50.7 Å². The van der Waals surface area contributed by atoms with Gasteiger partial charge in [0, 0.05) is 17.6 Å². The van der Waals surface area contributed by atoms with Crippen molar-refractivity contribution in [2.75, 3.05) is 23.0 Å². The van der Waals surface area contributed by atoms with Gasteiger partial charge in [-0.2, -0.15) is 0 Å². The number of hydrogen-bond donors (Lipinski definition) is 1. The van der Waals surface area contributed by atoms with Gasteiger partial charge in [-0.25, -0.2) is 4.68 Å². The number of hydrogen-bond acceptors (Lipinski definition) is 5. The van der Waals surface area contributed by atoms with E-state index in [1.54, 1.807) is 0 Å². The van der Waals surface area contributed by atoms with Crippen LogP contribution >= 0.6 is 11.8 Å². The fraction of sp³-hybridized carbons (Fsp3) is 0.471. The molecular formula is C17H23N5OS. The molecule has 0 saturated heterocycles. The summed E-state index contributed by atoms with van der Waals surface area (Å²) in [5.41, 5.74) is 2.08. The molecule has 128 valence electrons. The summed E-state index contributed by atoms with van der Waals surface area (Å²) in [6.07, 6.45) is 2.02. The number of carbonyl (C=O) groups excluding carboxylic acids is 1. The number of aromatic nitrogens is 3. The first-order valence-corrected chi connectivity index (χ1v) is 9.08. The zero-order chi connectivity index (χ0) is 17.3. The average Bonchev–Trinajstić information content (AvgIpc) is 2.93. The number of nitrogen functional groups attached to an aromatic ring is 1. The van der Waals surface area contributed by atoms with E-state index in [0.717, 1.165) is 25.1 Å². The summed E-state index contributed by atoms with van der Waals surface area (Å²) in [5.74, 6) is 7.16. The van der Waals surface area contributed by atoms with Gasteiger partial charge < -0.3 is 10.7 Å². The zero-order valence-electron chi connectivity index (χ0n) is 14.3. The van der Waals surface area contributed by atoms with Crippen molar-refractivity contribution in [2.24, 2.45) is 0 Å². The first-order chi connectivity index (χ1) is 11.4. The molecule has 0 atom stereocenters. The number of fused-ring (bicyclic) bond motifs is 1. The summed E-state index contributed by atoms with van der Waals surface area (Å²) in [7, 11) is 0. The lowest BCUT2D eigenvalue weighted by atomic mass is 9.96. The Labute approximate surface area is 146 Å². The van der Waals surface area contributed by atoms with Crippen LogP contribution in [-0.2, 0) is 16.6 Å². The Morgan fingerprint density at radius 2 is 2.04 bits per heavy atom. The molecule has 2 aromatic rings. The van der Waals surface area contributed by atoms with E-state index in [0.29, 0.717) is 16.7 Å². The van der Waals surface area contributed by atoms with Gasteiger partial charge >= 0.3 is 0 Å². The van der Waals surface area contributed by atoms with Crippen molar-refractivity contribution in [1.29, 1.82) is 0 Å². The van der Waals surface area contributed by atoms with Gasteiger partial charge in [0.15, 0.2) is 5.82 Å². The minimum atomic E-state index is -0.184. The van der Waals surface area contributed by atoms with Crippen LogP contribution in [0.4, 0.5) is 5.69 Å².